The number of sulfonamides is 1. The van der Waals surface area contributed by atoms with E-state index in [9.17, 15) is 21.6 Å². The predicted molar refractivity (Wildman–Crippen MR) is 113 cm³/mol. The van der Waals surface area contributed by atoms with Crippen molar-refractivity contribution in [2.75, 3.05) is 38.3 Å². The lowest BCUT2D eigenvalue weighted by atomic mass is 10.1. The van der Waals surface area contributed by atoms with Crippen LogP contribution in [-0.2, 0) is 24.7 Å². The molecule has 1 saturated heterocycles. The van der Waals surface area contributed by atoms with Gasteiger partial charge in [-0.25, -0.2) is 16.8 Å². The number of nitrogens with zero attached hydrogens (tertiary/aromatic N) is 2. The smallest absolute Gasteiger partial charge is 0.243 e. The SMILES string of the molecule is CN(CC(=O)N(C1CCCC1)C1CCS(=O)(=O)C1)S(=O)(=O)c1ccc2c(c1)OCCO2. The van der Waals surface area contributed by atoms with E-state index in [0.717, 1.165) is 30.0 Å². The van der Waals surface area contributed by atoms with Crippen molar-refractivity contribution < 1.29 is 31.1 Å². The third-order valence-corrected chi connectivity index (χ3v) is 9.74. The maximum Gasteiger partial charge on any atom is 0.243 e. The summed E-state index contributed by atoms with van der Waals surface area (Å²) in [6, 6.07) is 3.97. The standard InChI is InChI=1S/C20H28N2O7S2/c1-21(31(26,27)17-6-7-18-19(12-17)29-10-9-28-18)13-20(23)22(15-4-2-3-5-15)16-8-11-30(24,25)14-16/h6-7,12,15-16H,2-5,8-11,13-14H2,1H3. The maximum absolute atomic E-state index is 13.2. The molecule has 0 radical (unpaired) electrons. The first-order valence-corrected chi connectivity index (χ1v) is 13.8. The zero-order valence-electron chi connectivity index (χ0n) is 17.5. The monoisotopic (exact) mass is 472 g/mol. The van der Waals surface area contributed by atoms with Crippen LogP contribution in [0.25, 0.3) is 0 Å². The van der Waals surface area contributed by atoms with Crippen LogP contribution >= 0.6 is 0 Å². The second kappa shape index (κ2) is 8.59. The Bertz CT molecular complexity index is 1050. The molecule has 1 atom stereocenters. The summed E-state index contributed by atoms with van der Waals surface area (Å²) < 4.78 is 62.1. The lowest BCUT2D eigenvalue weighted by Crippen LogP contribution is -2.50. The van der Waals surface area contributed by atoms with E-state index in [2.05, 4.69) is 0 Å². The highest BCUT2D eigenvalue weighted by Gasteiger charge is 2.40. The van der Waals surface area contributed by atoms with Crippen LogP contribution in [0.5, 0.6) is 11.5 Å². The number of likely N-dealkylation sites (N-methyl/N-ethyl adjacent to an activating group) is 1. The summed E-state index contributed by atoms with van der Waals surface area (Å²) in [5.41, 5.74) is 0. The lowest BCUT2D eigenvalue weighted by Gasteiger charge is -2.35. The van der Waals surface area contributed by atoms with Gasteiger partial charge in [-0.05, 0) is 31.4 Å². The molecule has 3 aliphatic rings. The van der Waals surface area contributed by atoms with Crippen molar-refractivity contribution in [1.29, 1.82) is 0 Å². The minimum atomic E-state index is -3.94. The average molecular weight is 473 g/mol. The van der Waals surface area contributed by atoms with Crippen LogP contribution in [0.2, 0.25) is 0 Å². The van der Waals surface area contributed by atoms with Crippen molar-refractivity contribution in [2.45, 2.75) is 49.1 Å². The van der Waals surface area contributed by atoms with Gasteiger partial charge in [0.05, 0.1) is 22.9 Å². The lowest BCUT2D eigenvalue weighted by molar-refractivity contribution is -0.135. The van der Waals surface area contributed by atoms with Gasteiger partial charge in [0.15, 0.2) is 21.3 Å². The van der Waals surface area contributed by atoms with Gasteiger partial charge in [-0.15, -0.1) is 0 Å². The van der Waals surface area contributed by atoms with E-state index in [-0.39, 0.29) is 40.9 Å². The summed E-state index contributed by atoms with van der Waals surface area (Å²) in [6.45, 7) is 0.399. The molecule has 1 unspecified atom stereocenters. The van der Waals surface area contributed by atoms with Crippen LogP contribution in [0.3, 0.4) is 0 Å². The Labute approximate surface area is 183 Å². The van der Waals surface area contributed by atoms with E-state index >= 15 is 0 Å². The summed E-state index contributed by atoms with van der Waals surface area (Å²) in [4.78, 5) is 14.9. The third-order valence-electron chi connectivity index (χ3n) is 6.19. The summed E-state index contributed by atoms with van der Waals surface area (Å²) >= 11 is 0. The van der Waals surface area contributed by atoms with Crippen LogP contribution in [0, 0.1) is 0 Å². The van der Waals surface area contributed by atoms with Crippen molar-refractivity contribution in [3.05, 3.63) is 18.2 Å². The van der Waals surface area contributed by atoms with Gasteiger partial charge < -0.3 is 14.4 Å². The molecule has 11 heteroatoms. The molecular weight excluding hydrogens is 444 g/mol. The quantitative estimate of drug-likeness (QED) is 0.608. The summed E-state index contributed by atoms with van der Waals surface area (Å²) in [6.07, 6.45) is 4.02. The molecular formula is C20H28N2O7S2. The predicted octanol–water partition coefficient (Wildman–Crippen LogP) is 1.04. The third kappa shape index (κ3) is 4.68. The Balaban J connectivity index is 1.52. The number of hydrogen-bond donors (Lipinski definition) is 0. The average Bonchev–Trinajstić information content (AvgIpc) is 3.37. The van der Waals surface area contributed by atoms with E-state index in [4.69, 9.17) is 9.47 Å². The van der Waals surface area contributed by atoms with Crippen molar-refractivity contribution >= 4 is 25.8 Å². The molecule has 2 heterocycles. The van der Waals surface area contributed by atoms with Crippen molar-refractivity contribution in [3.63, 3.8) is 0 Å². The van der Waals surface area contributed by atoms with Crippen LogP contribution in [0.4, 0.5) is 0 Å². The van der Waals surface area contributed by atoms with Crippen LogP contribution in [-0.4, -0.2) is 82.3 Å². The van der Waals surface area contributed by atoms with Gasteiger partial charge in [-0.1, -0.05) is 12.8 Å². The van der Waals surface area contributed by atoms with Gasteiger partial charge in [0.1, 0.15) is 13.2 Å². The zero-order chi connectivity index (χ0) is 22.2. The molecule has 1 amide bonds. The van der Waals surface area contributed by atoms with Crippen LogP contribution in [0.1, 0.15) is 32.1 Å². The van der Waals surface area contributed by atoms with Crippen LogP contribution in [0.15, 0.2) is 23.1 Å². The molecule has 172 valence electrons. The molecule has 0 N–H and O–H groups in total. The Morgan fingerprint density at radius 2 is 1.74 bits per heavy atom. The summed E-state index contributed by atoms with van der Waals surface area (Å²) in [5.74, 6) is 0.514. The highest BCUT2D eigenvalue weighted by molar-refractivity contribution is 7.91. The van der Waals surface area contributed by atoms with Crippen molar-refractivity contribution in [3.8, 4) is 11.5 Å². The highest BCUT2D eigenvalue weighted by Crippen LogP contribution is 2.33. The second-order valence-corrected chi connectivity index (χ2v) is 12.6. The molecule has 1 aromatic rings. The van der Waals surface area contributed by atoms with Crippen molar-refractivity contribution in [2.24, 2.45) is 0 Å². The van der Waals surface area contributed by atoms with Gasteiger partial charge in [-0.3, -0.25) is 4.79 Å². The number of carbonyl (C=O) groups excluding carboxylic acids is 1. The first-order chi connectivity index (χ1) is 14.7. The molecule has 0 bridgehead atoms. The fourth-order valence-corrected chi connectivity index (χ4v) is 7.45. The largest absolute Gasteiger partial charge is 0.486 e. The normalized spacial score (nSPS) is 23.2. The highest BCUT2D eigenvalue weighted by atomic mass is 32.2. The van der Waals surface area contributed by atoms with E-state index in [1.54, 1.807) is 11.0 Å². The zero-order valence-corrected chi connectivity index (χ0v) is 19.2. The number of carbonyl (C=O) groups is 1. The number of rotatable bonds is 6. The number of sulfone groups is 1. The molecule has 1 saturated carbocycles. The maximum atomic E-state index is 13.2. The van der Waals surface area contributed by atoms with Crippen LogP contribution < -0.4 is 9.47 Å². The summed E-state index contributed by atoms with van der Waals surface area (Å²) in [7, 11) is -5.74. The summed E-state index contributed by atoms with van der Waals surface area (Å²) in [5, 5.41) is 0. The Morgan fingerprint density at radius 1 is 1.06 bits per heavy atom. The van der Waals surface area contributed by atoms with Crippen molar-refractivity contribution in [1.82, 2.24) is 9.21 Å². The molecule has 1 aromatic carbocycles. The molecule has 9 nitrogen and oxygen atoms in total. The fraction of sp³-hybridized carbons (Fsp3) is 0.650. The van der Waals surface area contributed by atoms with E-state index in [1.165, 1.54) is 19.2 Å². The Morgan fingerprint density at radius 3 is 2.39 bits per heavy atom. The molecule has 2 fully saturated rings. The topological polar surface area (TPSA) is 110 Å². The van der Waals surface area contributed by atoms with Gasteiger partial charge in [-0.2, -0.15) is 4.31 Å². The number of fused-ring (bicyclic) bond motifs is 1. The van der Waals surface area contributed by atoms with E-state index < -0.39 is 19.9 Å². The number of ether oxygens (including phenoxy) is 2. The van der Waals surface area contributed by atoms with E-state index in [1.807, 2.05) is 0 Å². The first kappa shape index (κ1) is 22.3. The minimum absolute atomic E-state index is 0.0166. The molecule has 2 aliphatic heterocycles. The number of benzene rings is 1. The number of amides is 1. The second-order valence-electron chi connectivity index (χ2n) is 8.36. The van der Waals surface area contributed by atoms with Gasteiger partial charge >= 0.3 is 0 Å². The number of hydrogen-bond acceptors (Lipinski definition) is 7. The molecule has 31 heavy (non-hydrogen) atoms. The van der Waals surface area contributed by atoms with E-state index in [0.29, 0.717) is 31.1 Å². The molecule has 4 rings (SSSR count). The Kier molecular flexibility index (Phi) is 6.19. The first-order valence-electron chi connectivity index (χ1n) is 10.5. The van der Waals surface area contributed by atoms with Gasteiger partial charge in [0, 0.05) is 25.2 Å². The van der Waals surface area contributed by atoms with Gasteiger partial charge in [0.2, 0.25) is 15.9 Å². The molecule has 1 aliphatic carbocycles. The van der Waals surface area contributed by atoms with Gasteiger partial charge in [0.25, 0.3) is 0 Å². The Hall–Kier alpha value is -1.85. The fourth-order valence-electron chi connectivity index (χ4n) is 4.60. The minimum Gasteiger partial charge on any atom is -0.486 e. The molecule has 0 spiro atoms. The molecule has 0 aromatic heterocycles.